The van der Waals surface area contributed by atoms with Crippen molar-refractivity contribution < 1.29 is 23.4 Å². The number of aromatic nitrogens is 1. The zero-order valence-corrected chi connectivity index (χ0v) is 15.4. The molecule has 3 aromatic rings. The smallest absolute Gasteiger partial charge is 0.332 e. The fraction of sp³-hybridized carbons (Fsp3) is 0.200. The van der Waals surface area contributed by atoms with Crippen LogP contribution in [0.15, 0.2) is 53.5 Å². The number of ether oxygens (including phenoxy) is 1. The first kappa shape index (κ1) is 18.5. The lowest BCUT2D eigenvalue weighted by atomic mass is 9.96. The fourth-order valence-corrected chi connectivity index (χ4v) is 4.20. The van der Waals surface area contributed by atoms with Gasteiger partial charge in [0.2, 0.25) is 0 Å². The van der Waals surface area contributed by atoms with Crippen molar-refractivity contribution in [2.75, 3.05) is 12.4 Å². The maximum absolute atomic E-state index is 13.7. The number of para-hydroxylation sites is 1. The third-order valence-corrected chi connectivity index (χ3v) is 5.69. The predicted molar refractivity (Wildman–Crippen MR) is 104 cm³/mol. The van der Waals surface area contributed by atoms with Gasteiger partial charge in [-0.15, -0.1) is 11.8 Å². The molecule has 8 heteroatoms. The molecule has 1 aliphatic rings. The van der Waals surface area contributed by atoms with Crippen molar-refractivity contribution in [1.82, 2.24) is 4.98 Å². The van der Waals surface area contributed by atoms with Crippen LogP contribution in [0.1, 0.15) is 5.69 Å². The Balaban J connectivity index is 1.54. The molecular formula is C20H16F2N2O3S. The largest absolute Gasteiger partial charge is 0.484 e. The highest BCUT2D eigenvalue weighted by Crippen LogP contribution is 2.33. The summed E-state index contributed by atoms with van der Waals surface area (Å²) in [5, 5.41) is 11.1. The first-order chi connectivity index (χ1) is 13.4. The quantitative estimate of drug-likeness (QED) is 0.653. The van der Waals surface area contributed by atoms with Crippen LogP contribution in [0.25, 0.3) is 10.9 Å². The number of hydrogen-bond acceptors (Lipinski definition) is 4. The van der Waals surface area contributed by atoms with Crippen LogP contribution in [0.5, 0.6) is 5.75 Å². The summed E-state index contributed by atoms with van der Waals surface area (Å²) < 4.78 is 32.5. The van der Waals surface area contributed by atoms with Crippen LogP contribution in [0.2, 0.25) is 0 Å². The minimum Gasteiger partial charge on any atom is -0.484 e. The molecule has 2 N–H and O–H groups in total. The van der Waals surface area contributed by atoms with Crippen LogP contribution < -0.4 is 4.74 Å². The number of rotatable bonds is 6. The molecule has 0 bridgehead atoms. The number of nitrogens with zero attached hydrogens (tertiary/aromatic N) is 1. The predicted octanol–water partition coefficient (Wildman–Crippen LogP) is 4.04. The number of nitrogens with one attached hydrogen (secondary N) is 1. The Bertz CT molecular complexity index is 1080. The SMILES string of the molecule is O=C(O)C1(Cc2cc3ccc(F)cc3[nH]2)CSC(COc2ccccc2F)=N1. The minimum atomic E-state index is -1.35. The van der Waals surface area contributed by atoms with E-state index in [4.69, 9.17) is 4.74 Å². The Hall–Kier alpha value is -2.87. The summed E-state index contributed by atoms with van der Waals surface area (Å²) in [6.07, 6.45) is 0.134. The number of thioether (sulfide) groups is 1. The number of carboxylic acid groups (broad SMARTS) is 1. The van der Waals surface area contributed by atoms with Gasteiger partial charge in [-0.1, -0.05) is 12.1 Å². The van der Waals surface area contributed by atoms with E-state index in [9.17, 15) is 18.7 Å². The first-order valence-corrected chi connectivity index (χ1v) is 9.53. The van der Waals surface area contributed by atoms with E-state index in [0.29, 0.717) is 16.3 Å². The number of carbonyl (C=O) groups is 1. The lowest BCUT2D eigenvalue weighted by molar-refractivity contribution is -0.142. The Kier molecular flexibility index (Phi) is 4.80. The van der Waals surface area contributed by atoms with Crippen molar-refractivity contribution in [2.45, 2.75) is 12.0 Å². The second-order valence-electron chi connectivity index (χ2n) is 6.55. The number of H-pyrrole nitrogens is 1. The molecule has 0 spiro atoms. The average molecular weight is 402 g/mol. The van der Waals surface area contributed by atoms with Gasteiger partial charge in [0.1, 0.15) is 17.5 Å². The van der Waals surface area contributed by atoms with E-state index in [2.05, 4.69) is 9.98 Å². The van der Waals surface area contributed by atoms with Crippen molar-refractivity contribution in [3.05, 3.63) is 65.9 Å². The monoisotopic (exact) mass is 402 g/mol. The van der Waals surface area contributed by atoms with E-state index in [-0.39, 0.29) is 30.3 Å². The van der Waals surface area contributed by atoms with Crippen LogP contribution >= 0.6 is 11.8 Å². The molecule has 0 saturated carbocycles. The third kappa shape index (κ3) is 3.60. The number of aromatic amines is 1. The van der Waals surface area contributed by atoms with Crippen LogP contribution in [0.3, 0.4) is 0 Å². The first-order valence-electron chi connectivity index (χ1n) is 8.55. The van der Waals surface area contributed by atoms with Gasteiger partial charge in [0.05, 0.1) is 0 Å². The molecule has 0 amide bonds. The molecule has 1 unspecified atom stereocenters. The maximum atomic E-state index is 13.7. The molecule has 4 rings (SSSR count). The molecule has 0 radical (unpaired) electrons. The van der Waals surface area contributed by atoms with Crippen molar-refractivity contribution in [1.29, 1.82) is 0 Å². The maximum Gasteiger partial charge on any atom is 0.332 e. The molecule has 28 heavy (non-hydrogen) atoms. The van der Waals surface area contributed by atoms with Gasteiger partial charge in [0.25, 0.3) is 0 Å². The molecule has 0 aliphatic carbocycles. The summed E-state index contributed by atoms with van der Waals surface area (Å²) >= 11 is 1.28. The van der Waals surface area contributed by atoms with E-state index < -0.39 is 17.3 Å². The van der Waals surface area contributed by atoms with E-state index in [1.807, 2.05) is 0 Å². The van der Waals surface area contributed by atoms with Gasteiger partial charge in [0, 0.05) is 23.4 Å². The average Bonchev–Trinajstić information content (AvgIpc) is 3.25. The highest BCUT2D eigenvalue weighted by molar-refractivity contribution is 8.14. The second-order valence-corrected chi connectivity index (χ2v) is 7.60. The van der Waals surface area contributed by atoms with Gasteiger partial charge in [-0.05, 0) is 41.8 Å². The molecule has 2 heterocycles. The molecule has 2 aromatic carbocycles. The van der Waals surface area contributed by atoms with Gasteiger partial charge in [0.15, 0.2) is 17.1 Å². The minimum absolute atomic E-state index is 0.00145. The van der Waals surface area contributed by atoms with E-state index in [1.165, 1.54) is 36.0 Å². The lowest BCUT2D eigenvalue weighted by Gasteiger charge is -2.19. The zero-order chi connectivity index (χ0) is 19.7. The highest BCUT2D eigenvalue weighted by Gasteiger charge is 2.43. The number of benzene rings is 2. The van der Waals surface area contributed by atoms with Crippen LogP contribution in [-0.2, 0) is 11.2 Å². The van der Waals surface area contributed by atoms with E-state index >= 15 is 0 Å². The molecule has 1 atom stereocenters. The summed E-state index contributed by atoms with van der Waals surface area (Å²) in [4.78, 5) is 19.4. The number of hydrogen-bond donors (Lipinski definition) is 2. The van der Waals surface area contributed by atoms with Crippen molar-refractivity contribution in [3.8, 4) is 5.75 Å². The normalized spacial score (nSPS) is 19.0. The van der Waals surface area contributed by atoms with Gasteiger partial charge in [-0.25, -0.2) is 13.6 Å². The molecule has 5 nitrogen and oxygen atoms in total. The molecule has 0 fully saturated rings. The Morgan fingerprint density at radius 3 is 2.86 bits per heavy atom. The summed E-state index contributed by atoms with van der Waals surface area (Å²) in [6.45, 7) is -0.00145. The van der Waals surface area contributed by atoms with Crippen LogP contribution in [0, 0.1) is 11.6 Å². The Morgan fingerprint density at radius 2 is 2.07 bits per heavy atom. The summed E-state index contributed by atoms with van der Waals surface area (Å²) in [5.41, 5.74) is -0.0882. The zero-order valence-electron chi connectivity index (χ0n) is 14.6. The fourth-order valence-electron chi connectivity index (χ4n) is 3.13. The summed E-state index contributed by atoms with van der Waals surface area (Å²) in [7, 11) is 0. The van der Waals surface area contributed by atoms with Gasteiger partial charge in [-0.2, -0.15) is 0 Å². The second kappa shape index (κ2) is 7.27. The number of halogens is 2. The summed E-state index contributed by atoms with van der Waals surface area (Å²) in [5.74, 6) is -1.57. The Labute approximate surface area is 163 Å². The van der Waals surface area contributed by atoms with E-state index in [1.54, 1.807) is 24.3 Å². The molecular weight excluding hydrogens is 386 g/mol. The summed E-state index contributed by atoms with van der Waals surface area (Å²) in [6, 6.07) is 12.2. The van der Waals surface area contributed by atoms with Gasteiger partial charge < -0.3 is 14.8 Å². The van der Waals surface area contributed by atoms with Crippen LogP contribution in [0.4, 0.5) is 8.78 Å². The number of aliphatic imine (C=N–C) groups is 1. The standard InChI is InChI=1S/C20H16F2N2O3S/c21-13-6-5-12-7-14(23-16(12)8-13)9-20(19(25)26)11-28-18(24-20)10-27-17-4-2-1-3-15(17)22/h1-8,23H,9-11H2,(H,25,26). The van der Waals surface area contributed by atoms with Crippen LogP contribution in [-0.4, -0.2) is 39.0 Å². The molecule has 1 aromatic heterocycles. The number of aliphatic carboxylic acids is 1. The topological polar surface area (TPSA) is 74.7 Å². The highest BCUT2D eigenvalue weighted by atomic mass is 32.2. The van der Waals surface area contributed by atoms with E-state index in [0.717, 1.165) is 5.39 Å². The molecule has 0 saturated heterocycles. The lowest BCUT2D eigenvalue weighted by Crippen LogP contribution is -2.39. The molecule has 144 valence electrons. The third-order valence-electron chi connectivity index (χ3n) is 4.53. The Morgan fingerprint density at radius 1 is 1.25 bits per heavy atom. The van der Waals surface area contributed by atoms with Crippen molar-refractivity contribution >= 4 is 33.7 Å². The molecule has 1 aliphatic heterocycles. The number of fused-ring (bicyclic) bond motifs is 1. The van der Waals surface area contributed by atoms with Crippen molar-refractivity contribution in [2.24, 2.45) is 4.99 Å². The number of carboxylic acids is 1. The van der Waals surface area contributed by atoms with Crippen molar-refractivity contribution in [3.63, 3.8) is 0 Å². The van der Waals surface area contributed by atoms with Gasteiger partial charge in [-0.3, -0.25) is 4.99 Å². The van der Waals surface area contributed by atoms with Gasteiger partial charge >= 0.3 is 5.97 Å².